The lowest BCUT2D eigenvalue weighted by Crippen LogP contribution is -2.49. The van der Waals surface area contributed by atoms with E-state index in [0.29, 0.717) is 29.6 Å². The van der Waals surface area contributed by atoms with E-state index in [-0.39, 0.29) is 12.3 Å². The van der Waals surface area contributed by atoms with Gasteiger partial charge in [-0.3, -0.25) is 24.8 Å². The number of nitrogens with zero attached hydrogens (tertiary/aromatic N) is 2. The van der Waals surface area contributed by atoms with Crippen LogP contribution in [0.15, 0.2) is 30.5 Å². The van der Waals surface area contributed by atoms with Gasteiger partial charge in [0.2, 0.25) is 5.91 Å². The average Bonchev–Trinajstić information content (AvgIpc) is 2.47. The van der Waals surface area contributed by atoms with E-state index >= 15 is 0 Å². The van der Waals surface area contributed by atoms with Crippen LogP contribution in [0, 0.1) is 0 Å². The monoisotopic (exact) mass is 269 g/mol. The van der Waals surface area contributed by atoms with Crippen molar-refractivity contribution in [2.45, 2.75) is 6.42 Å². The first-order valence-electron chi connectivity index (χ1n) is 6.15. The molecule has 1 fully saturated rings. The highest BCUT2D eigenvalue weighted by Crippen LogP contribution is 2.28. The Hall–Kier alpha value is -2.76. The Morgan fingerprint density at radius 3 is 2.65 bits per heavy atom. The van der Waals surface area contributed by atoms with Crippen molar-refractivity contribution in [3.63, 3.8) is 0 Å². The van der Waals surface area contributed by atoms with Crippen LogP contribution in [0.1, 0.15) is 16.9 Å². The molecule has 1 N–H and O–H groups in total. The molecule has 20 heavy (non-hydrogen) atoms. The van der Waals surface area contributed by atoms with Crippen LogP contribution in [0.4, 0.5) is 10.5 Å². The zero-order chi connectivity index (χ0) is 14.1. The molecule has 3 amide bonds. The molecule has 0 aliphatic carbocycles. The van der Waals surface area contributed by atoms with Gasteiger partial charge in [-0.2, -0.15) is 0 Å². The molecule has 100 valence electrons. The molecule has 1 aromatic carbocycles. The summed E-state index contributed by atoms with van der Waals surface area (Å²) in [6.45, 7) is 0.302. The first-order chi connectivity index (χ1) is 9.70. The number of fused-ring (bicyclic) bond motifs is 1. The SMILES string of the molecule is O=Cc1ncc(N2CCC(=O)NC2=O)c2ccccc12. The molecule has 0 spiro atoms. The van der Waals surface area contributed by atoms with E-state index in [2.05, 4.69) is 10.3 Å². The Balaban J connectivity index is 2.15. The van der Waals surface area contributed by atoms with Crippen LogP contribution in [0.2, 0.25) is 0 Å². The second-order valence-corrected chi connectivity index (χ2v) is 4.45. The molecule has 0 bridgehead atoms. The number of rotatable bonds is 2. The smallest absolute Gasteiger partial charge is 0.296 e. The number of hydrogen-bond donors (Lipinski definition) is 1. The van der Waals surface area contributed by atoms with Crippen molar-refractivity contribution in [1.82, 2.24) is 10.3 Å². The molecular weight excluding hydrogens is 258 g/mol. The third kappa shape index (κ3) is 1.91. The Morgan fingerprint density at radius 1 is 1.20 bits per heavy atom. The summed E-state index contributed by atoms with van der Waals surface area (Å²) in [4.78, 5) is 39.7. The first kappa shape index (κ1) is 12.3. The van der Waals surface area contributed by atoms with Crippen molar-refractivity contribution in [2.75, 3.05) is 11.4 Å². The molecule has 6 heteroatoms. The van der Waals surface area contributed by atoms with Crippen molar-refractivity contribution < 1.29 is 14.4 Å². The maximum atomic E-state index is 11.9. The number of carbonyl (C=O) groups excluding carboxylic acids is 3. The van der Waals surface area contributed by atoms with Crippen molar-refractivity contribution >= 4 is 34.7 Å². The summed E-state index contributed by atoms with van der Waals surface area (Å²) in [5.74, 6) is -0.284. The number of anilines is 1. The van der Waals surface area contributed by atoms with Gasteiger partial charge in [-0.25, -0.2) is 4.79 Å². The van der Waals surface area contributed by atoms with E-state index in [4.69, 9.17) is 0 Å². The number of pyridine rings is 1. The number of nitrogens with one attached hydrogen (secondary N) is 1. The van der Waals surface area contributed by atoms with Crippen LogP contribution in [0.25, 0.3) is 10.8 Å². The van der Waals surface area contributed by atoms with Gasteiger partial charge >= 0.3 is 6.03 Å². The zero-order valence-electron chi connectivity index (χ0n) is 10.5. The summed E-state index contributed by atoms with van der Waals surface area (Å²) in [7, 11) is 0. The molecule has 0 radical (unpaired) electrons. The molecule has 6 nitrogen and oxygen atoms in total. The lowest BCUT2D eigenvalue weighted by Gasteiger charge is -2.27. The standard InChI is InChI=1S/C14H11N3O3/c18-8-11-9-3-1-2-4-10(9)12(7-15-11)17-6-5-13(19)16-14(17)20/h1-4,7-8H,5-6H2,(H,16,19,20). The fourth-order valence-corrected chi connectivity index (χ4v) is 2.30. The van der Waals surface area contributed by atoms with Gasteiger partial charge in [-0.1, -0.05) is 24.3 Å². The molecule has 3 rings (SSSR count). The third-order valence-corrected chi connectivity index (χ3v) is 3.26. The topological polar surface area (TPSA) is 79.4 Å². The van der Waals surface area contributed by atoms with Crippen molar-refractivity contribution in [3.05, 3.63) is 36.2 Å². The summed E-state index contributed by atoms with van der Waals surface area (Å²) in [6, 6.07) is 6.77. The van der Waals surface area contributed by atoms with E-state index in [1.165, 1.54) is 11.1 Å². The molecule has 0 saturated carbocycles. The van der Waals surface area contributed by atoms with Crippen LogP contribution >= 0.6 is 0 Å². The maximum absolute atomic E-state index is 11.9. The number of aldehydes is 1. The van der Waals surface area contributed by atoms with Crippen LogP contribution in [0.3, 0.4) is 0 Å². The predicted octanol–water partition coefficient (Wildman–Crippen LogP) is 1.49. The summed E-state index contributed by atoms with van der Waals surface area (Å²) < 4.78 is 0. The minimum atomic E-state index is -0.466. The number of carbonyl (C=O) groups is 3. The van der Waals surface area contributed by atoms with Gasteiger partial charge in [0.15, 0.2) is 6.29 Å². The fraction of sp³-hybridized carbons (Fsp3) is 0.143. The summed E-state index contributed by atoms with van der Waals surface area (Å²) in [5.41, 5.74) is 0.925. The highest BCUT2D eigenvalue weighted by Gasteiger charge is 2.26. The van der Waals surface area contributed by atoms with Gasteiger partial charge in [-0.05, 0) is 0 Å². The van der Waals surface area contributed by atoms with E-state index in [0.717, 1.165) is 5.39 Å². The van der Waals surface area contributed by atoms with Crippen LogP contribution in [-0.4, -0.2) is 29.8 Å². The molecule has 1 aliphatic heterocycles. The number of benzene rings is 1. The normalized spacial score (nSPS) is 15.3. The largest absolute Gasteiger partial charge is 0.328 e. The van der Waals surface area contributed by atoms with Gasteiger partial charge in [0.1, 0.15) is 5.69 Å². The number of urea groups is 1. The van der Waals surface area contributed by atoms with E-state index < -0.39 is 6.03 Å². The zero-order valence-corrected chi connectivity index (χ0v) is 10.5. The number of amides is 3. The summed E-state index contributed by atoms with van der Waals surface area (Å²) >= 11 is 0. The number of hydrogen-bond acceptors (Lipinski definition) is 4. The molecule has 0 unspecified atom stereocenters. The molecule has 1 aromatic heterocycles. The first-order valence-corrected chi connectivity index (χ1v) is 6.15. The van der Waals surface area contributed by atoms with Crippen molar-refractivity contribution in [3.8, 4) is 0 Å². The molecule has 2 aromatic rings. The van der Waals surface area contributed by atoms with Gasteiger partial charge in [0.05, 0.1) is 11.9 Å². The quantitative estimate of drug-likeness (QED) is 0.838. The highest BCUT2D eigenvalue weighted by molar-refractivity contribution is 6.11. The van der Waals surface area contributed by atoms with Crippen LogP contribution < -0.4 is 10.2 Å². The summed E-state index contributed by atoms with van der Waals surface area (Å²) in [5, 5.41) is 3.72. The van der Waals surface area contributed by atoms with Crippen molar-refractivity contribution in [1.29, 1.82) is 0 Å². The molecular formula is C14H11N3O3. The predicted molar refractivity (Wildman–Crippen MR) is 72.6 cm³/mol. The van der Waals surface area contributed by atoms with Crippen LogP contribution in [-0.2, 0) is 4.79 Å². The van der Waals surface area contributed by atoms with E-state index in [1.807, 2.05) is 12.1 Å². The maximum Gasteiger partial charge on any atom is 0.328 e. The molecule has 1 saturated heterocycles. The van der Waals surface area contributed by atoms with Crippen molar-refractivity contribution in [2.24, 2.45) is 0 Å². The Kier molecular flexibility index (Phi) is 2.90. The van der Waals surface area contributed by atoms with Gasteiger partial charge < -0.3 is 0 Å². The lowest BCUT2D eigenvalue weighted by atomic mass is 10.1. The Labute approximate surface area is 114 Å². The second kappa shape index (κ2) is 4.73. The highest BCUT2D eigenvalue weighted by atomic mass is 16.2. The molecule has 0 atom stereocenters. The van der Waals surface area contributed by atoms with Crippen LogP contribution in [0.5, 0.6) is 0 Å². The minimum absolute atomic E-state index is 0.246. The van der Waals surface area contributed by atoms with Gasteiger partial charge in [0, 0.05) is 23.7 Å². The molecule has 2 heterocycles. The summed E-state index contributed by atoms with van der Waals surface area (Å²) in [6.07, 6.45) is 2.42. The van der Waals surface area contributed by atoms with Gasteiger partial charge in [-0.15, -0.1) is 0 Å². The second-order valence-electron chi connectivity index (χ2n) is 4.45. The van der Waals surface area contributed by atoms with E-state index in [1.54, 1.807) is 12.1 Å². The van der Waals surface area contributed by atoms with Gasteiger partial charge in [0.25, 0.3) is 0 Å². The Bertz CT molecular complexity index is 727. The third-order valence-electron chi connectivity index (χ3n) is 3.26. The van der Waals surface area contributed by atoms with E-state index in [9.17, 15) is 14.4 Å². The lowest BCUT2D eigenvalue weighted by molar-refractivity contribution is -0.120. The minimum Gasteiger partial charge on any atom is -0.296 e. The molecule has 1 aliphatic rings. The number of imide groups is 1. The Morgan fingerprint density at radius 2 is 1.95 bits per heavy atom. The fourth-order valence-electron chi connectivity index (χ4n) is 2.30. The average molecular weight is 269 g/mol. The number of aromatic nitrogens is 1.